The van der Waals surface area contributed by atoms with Crippen LogP contribution in [0.1, 0.15) is 24.5 Å². The molecule has 0 saturated heterocycles. The predicted molar refractivity (Wildman–Crippen MR) is 97.0 cm³/mol. The van der Waals surface area contributed by atoms with E-state index in [0.29, 0.717) is 18.1 Å². The van der Waals surface area contributed by atoms with Gasteiger partial charge >= 0.3 is 0 Å². The van der Waals surface area contributed by atoms with Crippen LogP contribution in [-0.2, 0) is 16.1 Å². The standard InChI is InChI=1S/C19H21ClN2O2/c1-14-4-3-5-18(12-14)21-19(24)10-11-22(15(2)23)13-16-6-8-17(20)9-7-16/h3-9,12H,10-11,13H2,1-2H3,(H,21,24). The highest BCUT2D eigenvalue weighted by molar-refractivity contribution is 6.30. The molecular weight excluding hydrogens is 324 g/mol. The quantitative estimate of drug-likeness (QED) is 0.860. The second kappa shape index (κ2) is 8.50. The maximum Gasteiger partial charge on any atom is 0.226 e. The van der Waals surface area contributed by atoms with Gasteiger partial charge in [-0.05, 0) is 42.3 Å². The van der Waals surface area contributed by atoms with Gasteiger partial charge < -0.3 is 10.2 Å². The number of hydrogen-bond donors (Lipinski definition) is 1. The number of carbonyl (C=O) groups excluding carboxylic acids is 2. The summed E-state index contributed by atoms with van der Waals surface area (Å²) in [6.45, 7) is 4.31. The van der Waals surface area contributed by atoms with Gasteiger partial charge in [0.1, 0.15) is 0 Å². The van der Waals surface area contributed by atoms with Gasteiger partial charge in [-0.1, -0.05) is 35.9 Å². The number of halogens is 1. The minimum atomic E-state index is -0.108. The van der Waals surface area contributed by atoms with E-state index in [1.807, 2.05) is 43.3 Å². The highest BCUT2D eigenvalue weighted by atomic mass is 35.5. The molecule has 126 valence electrons. The van der Waals surface area contributed by atoms with Crippen LogP contribution in [0.25, 0.3) is 0 Å². The number of aryl methyl sites for hydroxylation is 1. The second-order valence-corrected chi connectivity index (χ2v) is 6.17. The largest absolute Gasteiger partial charge is 0.338 e. The molecule has 0 aliphatic carbocycles. The van der Waals surface area contributed by atoms with Crippen molar-refractivity contribution in [2.75, 3.05) is 11.9 Å². The lowest BCUT2D eigenvalue weighted by atomic mass is 10.2. The predicted octanol–water partition coefficient (Wildman–Crippen LogP) is 4.03. The van der Waals surface area contributed by atoms with Crippen LogP contribution in [0.2, 0.25) is 5.02 Å². The number of amides is 2. The van der Waals surface area contributed by atoms with Crippen LogP contribution in [0.5, 0.6) is 0 Å². The van der Waals surface area contributed by atoms with Crippen LogP contribution in [0.4, 0.5) is 5.69 Å². The summed E-state index contributed by atoms with van der Waals surface area (Å²) in [5.74, 6) is -0.170. The van der Waals surface area contributed by atoms with Gasteiger partial charge in [0.2, 0.25) is 11.8 Å². The van der Waals surface area contributed by atoms with Gasteiger partial charge in [0.15, 0.2) is 0 Å². The number of rotatable bonds is 6. The van der Waals surface area contributed by atoms with Crippen molar-refractivity contribution in [2.45, 2.75) is 26.8 Å². The summed E-state index contributed by atoms with van der Waals surface area (Å²) in [6.07, 6.45) is 0.251. The average molecular weight is 345 g/mol. The molecule has 0 unspecified atom stereocenters. The summed E-state index contributed by atoms with van der Waals surface area (Å²) >= 11 is 5.87. The van der Waals surface area contributed by atoms with E-state index >= 15 is 0 Å². The number of hydrogen-bond acceptors (Lipinski definition) is 2. The molecular formula is C19H21ClN2O2. The Labute approximate surface area is 147 Å². The fraction of sp³-hybridized carbons (Fsp3) is 0.263. The zero-order chi connectivity index (χ0) is 17.5. The van der Waals surface area contributed by atoms with E-state index in [0.717, 1.165) is 16.8 Å². The molecule has 2 aromatic rings. The van der Waals surface area contributed by atoms with Crippen molar-refractivity contribution >= 4 is 29.1 Å². The summed E-state index contributed by atoms with van der Waals surface area (Å²) < 4.78 is 0. The molecule has 2 amide bonds. The van der Waals surface area contributed by atoms with Crippen molar-refractivity contribution < 1.29 is 9.59 Å². The molecule has 4 nitrogen and oxygen atoms in total. The maximum absolute atomic E-state index is 12.1. The van der Waals surface area contributed by atoms with Crippen molar-refractivity contribution in [3.8, 4) is 0 Å². The maximum atomic E-state index is 12.1. The lowest BCUT2D eigenvalue weighted by Gasteiger charge is -2.21. The Morgan fingerprint density at radius 2 is 1.83 bits per heavy atom. The number of benzene rings is 2. The van der Waals surface area contributed by atoms with Gasteiger partial charge in [0.25, 0.3) is 0 Å². The summed E-state index contributed by atoms with van der Waals surface area (Å²) in [7, 11) is 0. The number of carbonyl (C=O) groups is 2. The average Bonchev–Trinajstić information content (AvgIpc) is 2.53. The first-order valence-corrected chi connectivity index (χ1v) is 8.18. The molecule has 5 heteroatoms. The number of anilines is 1. The smallest absolute Gasteiger partial charge is 0.226 e. The molecule has 0 heterocycles. The van der Waals surface area contributed by atoms with Crippen LogP contribution >= 0.6 is 11.6 Å². The van der Waals surface area contributed by atoms with E-state index in [-0.39, 0.29) is 18.2 Å². The van der Waals surface area contributed by atoms with Gasteiger partial charge in [-0.15, -0.1) is 0 Å². The summed E-state index contributed by atoms with van der Waals surface area (Å²) in [5, 5.41) is 3.51. The molecule has 0 aliphatic heterocycles. The molecule has 2 rings (SSSR count). The zero-order valence-corrected chi connectivity index (χ0v) is 14.6. The highest BCUT2D eigenvalue weighted by Crippen LogP contribution is 2.13. The molecule has 1 N–H and O–H groups in total. The van der Waals surface area contributed by atoms with Crippen molar-refractivity contribution in [2.24, 2.45) is 0 Å². The SMILES string of the molecule is CC(=O)N(CCC(=O)Nc1cccc(C)c1)Cc1ccc(Cl)cc1. The van der Waals surface area contributed by atoms with Crippen molar-refractivity contribution in [1.82, 2.24) is 4.90 Å². The normalized spacial score (nSPS) is 10.3. The first kappa shape index (κ1) is 18.0. The van der Waals surface area contributed by atoms with Gasteiger partial charge in [-0.3, -0.25) is 9.59 Å². The first-order valence-electron chi connectivity index (χ1n) is 7.80. The van der Waals surface area contributed by atoms with Crippen LogP contribution < -0.4 is 5.32 Å². The Morgan fingerprint density at radius 1 is 1.12 bits per heavy atom. The second-order valence-electron chi connectivity index (χ2n) is 5.73. The zero-order valence-electron chi connectivity index (χ0n) is 13.9. The van der Waals surface area contributed by atoms with Crippen molar-refractivity contribution in [1.29, 1.82) is 0 Å². The number of nitrogens with one attached hydrogen (secondary N) is 1. The molecule has 24 heavy (non-hydrogen) atoms. The molecule has 0 fully saturated rings. The highest BCUT2D eigenvalue weighted by Gasteiger charge is 2.12. The number of nitrogens with zero attached hydrogens (tertiary/aromatic N) is 1. The summed E-state index contributed by atoms with van der Waals surface area (Å²) in [6, 6.07) is 15.0. The third kappa shape index (κ3) is 5.70. The van der Waals surface area contributed by atoms with Gasteiger partial charge in [0.05, 0.1) is 0 Å². The molecule has 0 saturated carbocycles. The Balaban J connectivity index is 1.90. The van der Waals surface area contributed by atoms with Crippen LogP contribution in [0.3, 0.4) is 0 Å². The minimum absolute atomic E-state index is 0.0618. The molecule has 0 bridgehead atoms. The lowest BCUT2D eigenvalue weighted by molar-refractivity contribution is -0.129. The van der Waals surface area contributed by atoms with Gasteiger partial charge in [0, 0.05) is 37.1 Å². The van der Waals surface area contributed by atoms with E-state index in [1.165, 1.54) is 6.92 Å². The van der Waals surface area contributed by atoms with E-state index in [9.17, 15) is 9.59 Å². The van der Waals surface area contributed by atoms with Crippen LogP contribution in [0, 0.1) is 6.92 Å². The fourth-order valence-electron chi connectivity index (χ4n) is 2.34. The molecule has 0 atom stereocenters. The van der Waals surface area contributed by atoms with Gasteiger partial charge in [-0.2, -0.15) is 0 Å². The van der Waals surface area contributed by atoms with E-state index in [4.69, 9.17) is 11.6 Å². The summed E-state index contributed by atoms with van der Waals surface area (Å²) in [5.41, 5.74) is 2.83. The van der Waals surface area contributed by atoms with Crippen molar-refractivity contribution in [3.05, 3.63) is 64.7 Å². The summed E-state index contributed by atoms with van der Waals surface area (Å²) in [4.78, 5) is 25.5. The minimum Gasteiger partial charge on any atom is -0.338 e. The fourth-order valence-corrected chi connectivity index (χ4v) is 2.47. The van der Waals surface area contributed by atoms with E-state index in [1.54, 1.807) is 17.0 Å². The Bertz CT molecular complexity index is 714. The molecule has 0 spiro atoms. The topological polar surface area (TPSA) is 49.4 Å². The van der Waals surface area contributed by atoms with E-state index < -0.39 is 0 Å². The van der Waals surface area contributed by atoms with E-state index in [2.05, 4.69) is 5.32 Å². The third-order valence-electron chi connectivity index (χ3n) is 3.64. The van der Waals surface area contributed by atoms with Gasteiger partial charge in [-0.25, -0.2) is 0 Å². The molecule has 2 aromatic carbocycles. The lowest BCUT2D eigenvalue weighted by Crippen LogP contribution is -2.31. The molecule has 0 radical (unpaired) electrons. The monoisotopic (exact) mass is 344 g/mol. The van der Waals surface area contributed by atoms with Crippen LogP contribution in [0.15, 0.2) is 48.5 Å². The van der Waals surface area contributed by atoms with Crippen LogP contribution in [-0.4, -0.2) is 23.3 Å². The third-order valence-corrected chi connectivity index (χ3v) is 3.89. The molecule has 0 aliphatic rings. The van der Waals surface area contributed by atoms with Crippen molar-refractivity contribution in [3.63, 3.8) is 0 Å². The Hall–Kier alpha value is -2.33. The Morgan fingerprint density at radius 3 is 2.46 bits per heavy atom. The first-order chi connectivity index (χ1) is 11.4. The Kier molecular flexibility index (Phi) is 6.38. The molecule has 0 aromatic heterocycles.